The standard InChI is InChI=1S/C34H34ClN5O4/c1-22-14-16-39(29(33(36)43)18-25-10-4-9-24-8-2-3-13-28(24)25)34(44)32(26-11-5-12-27(35)17-26)40(22)31(42)19-30(41)38-21-23-7-6-15-37-20-23/h2-13,15,17,20,22,29,32H,14,16,18-19,21H2,1H3,(H2,36,43)(H,38,41). The minimum absolute atomic E-state index is 0.201. The van der Waals surface area contributed by atoms with Crippen LogP contribution < -0.4 is 11.1 Å². The highest BCUT2D eigenvalue weighted by atomic mass is 35.5. The molecule has 1 fully saturated rings. The Kier molecular flexibility index (Phi) is 9.55. The van der Waals surface area contributed by atoms with E-state index >= 15 is 0 Å². The third-order valence-electron chi connectivity index (χ3n) is 8.03. The fraction of sp³-hybridized carbons (Fsp3) is 0.265. The number of nitrogens with zero attached hydrogens (tertiary/aromatic N) is 3. The van der Waals surface area contributed by atoms with Crippen LogP contribution in [0.4, 0.5) is 0 Å². The molecule has 226 valence electrons. The molecular weight excluding hydrogens is 578 g/mol. The van der Waals surface area contributed by atoms with E-state index in [1.165, 1.54) is 9.80 Å². The van der Waals surface area contributed by atoms with Gasteiger partial charge in [-0.15, -0.1) is 0 Å². The van der Waals surface area contributed by atoms with Gasteiger partial charge in [0.15, 0.2) is 0 Å². The molecule has 0 spiro atoms. The zero-order valence-electron chi connectivity index (χ0n) is 24.4. The Morgan fingerprint density at radius 3 is 2.57 bits per heavy atom. The summed E-state index contributed by atoms with van der Waals surface area (Å²) in [5.41, 5.74) is 8.13. The molecule has 0 bridgehead atoms. The van der Waals surface area contributed by atoms with Crippen molar-refractivity contribution in [2.24, 2.45) is 5.73 Å². The molecule has 1 aliphatic heterocycles. The zero-order valence-corrected chi connectivity index (χ0v) is 25.1. The number of rotatable bonds is 9. The van der Waals surface area contributed by atoms with Gasteiger partial charge in [-0.2, -0.15) is 0 Å². The average Bonchev–Trinajstić information content (AvgIpc) is 3.14. The molecule has 1 saturated heterocycles. The molecule has 4 aromatic rings. The van der Waals surface area contributed by atoms with Gasteiger partial charge in [0, 0.05) is 43.0 Å². The second-order valence-corrected chi connectivity index (χ2v) is 11.4. The minimum Gasteiger partial charge on any atom is -0.368 e. The fourth-order valence-electron chi connectivity index (χ4n) is 5.82. The maximum Gasteiger partial charge on any atom is 0.250 e. The molecule has 1 aromatic heterocycles. The molecule has 0 radical (unpaired) electrons. The lowest BCUT2D eigenvalue weighted by atomic mass is 9.96. The summed E-state index contributed by atoms with van der Waals surface area (Å²) in [5, 5.41) is 5.13. The second-order valence-electron chi connectivity index (χ2n) is 11.0. The summed E-state index contributed by atoms with van der Waals surface area (Å²) in [6.07, 6.45) is 3.41. The number of carbonyl (C=O) groups excluding carboxylic acids is 4. The van der Waals surface area contributed by atoms with Crippen LogP contribution in [0, 0.1) is 0 Å². The predicted molar refractivity (Wildman–Crippen MR) is 168 cm³/mol. The molecule has 5 rings (SSSR count). The number of nitrogens with two attached hydrogens (primary N) is 1. The topological polar surface area (TPSA) is 126 Å². The van der Waals surface area contributed by atoms with Gasteiger partial charge in [0.1, 0.15) is 18.5 Å². The van der Waals surface area contributed by atoms with Crippen LogP contribution in [0.5, 0.6) is 0 Å². The smallest absolute Gasteiger partial charge is 0.250 e. The van der Waals surface area contributed by atoms with Crippen molar-refractivity contribution in [1.29, 1.82) is 0 Å². The SMILES string of the molecule is CC1CCN(C(Cc2cccc3ccccc23)C(N)=O)C(=O)C(c2cccc(Cl)c2)N1C(=O)CC(=O)NCc1cccnc1. The molecular formula is C34H34ClN5O4. The van der Waals surface area contributed by atoms with E-state index in [9.17, 15) is 19.2 Å². The summed E-state index contributed by atoms with van der Waals surface area (Å²) < 4.78 is 0. The Balaban J connectivity index is 1.45. The van der Waals surface area contributed by atoms with E-state index in [1.807, 2.05) is 55.5 Å². The van der Waals surface area contributed by atoms with Crippen molar-refractivity contribution in [2.75, 3.05) is 6.54 Å². The van der Waals surface area contributed by atoms with Gasteiger partial charge < -0.3 is 20.9 Å². The van der Waals surface area contributed by atoms with Crippen LogP contribution in [-0.2, 0) is 32.1 Å². The summed E-state index contributed by atoms with van der Waals surface area (Å²) in [5.74, 6) is -2.08. The van der Waals surface area contributed by atoms with Gasteiger partial charge in [-0.1, -0.05) is 72.3 Å². The Morgan fingerprint density at radius 2 is 1.82 bits per heavy atom. The van der Waals surface area contributed by atoms with Crippen molar-refractivity contribution in [2.45, 2.75) is 50.9 Å². The van der Waals surface area contributed by atoms with Gasteiger partial charge in [-0.3, -0.25) is 24.2 Å². The molecule has 9 nitrogen and oxygen atoms in total. The van der Waals surface area contributed by atoms with Gasteiger partial charge >= 0.3 is 0 Å². The summed E-state index contributed by atoms with van der Waals surface area (Å²) in [7, 11) is 0. The number of benzene rings is 3. The lowest BCUT2D eigenvalue weighted by Crippen LogP contribution is -2.52. The van der Waals surface area contributed by atoms with Crippen molar-refractivity contribution < 1.29 is 19.2 Å². The van der Waals surface area contributed by atoms with Gasteiger partial charge in [0.05, 0.1) is 0 Å². The summed E-state index contributed by atoms with van der Waals surface area (Å²) >= 11 is 6.34. The molecule has 0 aliphatic carbocycles. The predicted octanol–water partition coefficient (Wildman–Crippen LogP) is 4.18. The van der Waals surface area contributed by atoms with Gasteiger partial charge in [0.2, 0.25) is 17.7 Å². The molecule has 3 N–H and O–H groups in total. The third-order valence-corrected chi connectivity index (χ3v) is 8.27. The van der Waals surface area contributed by atoms with E-state index in [4.69, 9.17) is 17.3 Å². The fourth-order valence-corrected chi connectivity index (χ4v) is 6.02. The van der Waals surface area contributed by atoms with Gasteiger partial charge in [-0.25, -0.2) is 0 Å². The number of primary amides is 1. The first-order valence-corrected chi connectivity index (χ1v) is 14.9. The van der Waals surface area contributed by atoms with E-state index in [-0.39, 0.29) is 19.5 Å². The van der Waals surface area contributed by atoms with Crippen molar-refractivity contribution in [3.63, 3.8) is 0 Å². The number of pyridine rings is 1. The molecule has 3 atom stereocenters. The highest BCUT2D eigenvalue weighted by Gasteiger charge is 2.43. The molecule has 3 aromatic carbocycles. The molecule has 2 heterocycles. The van der Waals surface area contributed by atoms with E-state index in [2.05, 4.69) is 10.3 Å². The number of aromatic nitrogens is 1. The molecule has 0 saturated carbocycles. The Hall–Kier alpha value is -4.76. The summed E-state index contributed by atoms with van der Waals surface area (Å²) in [6.45, 7) is 2.25. The van der Waals surface area contributed by atoms with E-state index < -0.39 is 48.2 Å². The van der Waals surface area contributed by atoms with Crippen LogP contribution in [0.15, 0.2) is 91.3 Å². The van der Waals surface area contributed by atoms with Crippen molar-refractivity contribution in [3.8, 4) is 0 Å². The van der Waals surface area contributed by atoms with Crippen LogP contribution in [-0.4, -0.2) is 57.0 Å². The van der Waals surface area contributed by atoms with E-state index in [0.29, 0.717) is 17.0 Å². The Morgan fingerprint density at radius 1 is 1.05 bits per heavy atom. The lowest BCUT2D eigenvalue weighted by molar-refractivity contribution is -0.149. The largest absolute Gasteiger partial charge is 0.368 e. The number of carbonyl (C=O) groups is 4. The van der Waals surface area contributed by atoms with Crippen LogP contribution in [0.25, 0.3) is 10.8 Å². The molecule has 1 aliphatic rings. The number of nitrogens with one attached hydrogen (secondary N) is 1. The van der Waals surface area contributed by atoms with Crippen LogP contribution >= 0.6 is 11.6 Å². The number of halogens is 1. The zero-order chi connectivity index (χ0) is 31.2. The Bertz CT molecular complexity index is 1680. The first-order chi connectivity index (χ1) is 21.2. The first kappa shape index (κ1) is 30.7. The number of fused-ring (bicyclic) bond motifs is 1. The number of amides is 4. The summed E-state index contributed by atoms with van der Waals surface area (Å²) in [6, 6.07) is 21.5. The lowest BCUT2D eigenvalue weighted by Gasteiger charge is -2.35. The summed E-state index contributed by atoms with van der Waals surface area (Å²) in [4.78, 5) is 61.1. The monoisotopic (exact) mass is 611 g/mol. The second kappa shape index (κ2) is 13.7. The number of hydrogen-bond acceptors (Lipinski definition) is 5. The van der Waals surface area contributed by atoms with Crippen LogP contribution in [0.2, 0.25) is 5.02 Å². The van der Waals surface area contributed by atoms with Crippen molar-refractivity contribution in [3.05, 3.63) is 113 Å². The molecule has 10 heteroatoms. The van der Waals surface area contributed by atoms with Crippen molar-refractivity contribution in [1.82, 2.24) is 20.1 Å². The number of hydrogen-bond donors (Lipinski definition) is 2. The highest BCUT2D eigenvalue weighted by Crippen LogP contribution is 2.33. The average molecular weight is 612 g/mol. The molecule has 4 amide bonds. The quantitative estimate of drug-likeness (QED) is 0.275. The van der Waals surface area contributed by atoms with E-state index in [1.54, 1.807) is 42.7 Å². The van der Waals surface area contributed by atoms with Crippen LogP contribution in [0.3, 0.4) is 0 Å². The maximum atomic E-state index is 14.5. The minimum atomic E-state index is -1.11. The maximum absolute atomic E-state index is 14.5. The first-order valence-electron chi connectivity index (χ1n) is 14.5. The normalized spacial score (nSPS) is 17.6. The van der Waals surface area contributed by atoms with Gasteiger partial charge in [0.25, 0.3) is 5.91 Å². The van der Waals surface area contributed by atoms with Crippen molar-refractivity contribution >= 4 is 46.0 Å². The molecule has 3 unspecified atom stereocenters. The van der Waals surface area contributed by atoms with Crippen LogP contribution in [0.1, 0.15) is 42.5 Å². The molecule has 44 heavy (non-hydrogen) atoms. The Labute approximate surface area is 261 Å². The highest BCUT2D eigenvalue weighted by molar-refractivity contribution is 6.30. The van der Waals surface area contributed by atoms with E-state index in [0.717, 1.165) is 21.9 Å². The van der Waals surface area contributed by atoms with Gasteiger partial charge in [-0.05, 0) is 59.0 Å². The third kappa shape index (κ3) is 6.89.